The predicted octanol–water partition coefficient (Wildman–Crippen LogP) is -3.39. The summed E-state index contributed by atoms with van der Waals surface area (Å²) in [5.74, 6) is -3.68. The average molecular weight is 279 g/mol. The number of hydrogen-bond acceptors (Lipinski definition) is 7. The zero-order valence-electron chi connectivity index (χ0n) is 10.2. The van der Waals surface area contributed by atoms with Gasteiger partial charge in [-0.3, -0.25) is 9.59 Å². The summed E-state index contributed by atoms with van der Waals surface area (Å²) in [6, 6.07) is -1.39. The molecule has 0 aromatic rings. The number of hydrogen-bond donors (Lipinski definition) is 6. The van der Waals surface area contributed by atoms with E-state index in [9.17, 15) is 24.6 Å². The molecule has 0 aliphatic heterocycles. The van der Waals surface area contributed by atoms with Gasteiger partial charge >= 0.3 is 5.97 Å². The van der Waals surface area contributed by atoms with Gasteiger partial charge in [-0.15, -0.1) is 0 Å². The third-order valence-corrected chi connectivity index (χ3v) is 2.38. The minimum atomic E-state index is -1.84. The zero-order chi connectivity index (χ0) is 15.2. The standard InChI is InChI=1S/C10H17NO8/c1-4(13)11-5(2-6(14)10(18)19)8(16)9(17)7(15)3-12/h5,7-9,12,15-17H,2-3H2,1H3,(H,11,13)(H,18,19)/t5-,7-,8-,9-/m1/s1. The number of carbonyl (C=O) groups is 3. The largest absolute Gasteiger partial charge is 0.476 e. The smallest absolute Gasteiger partial charge is 0.372 e. The Morgan fingerprint density at radius 1 is 1.11 bits per heavy atom. The number of Topliss-reactive ketones (excluding diaryl/α,β-unsaturated/α-hetero) is 1. The second kappa shape index (κ2) is 7.79. The van der Waals surface area contributed by atoms with Crippen molar-refractivity contribution >= 4 is 17.7 Å². The van der Waals surface area contributed by atoms with Crippen molar-refractivity contribution in [1.82, 2.24) is 5.32 Å². The Morgan fingerprint density at radius 2 is 1.63 bits per heavy atom. The van der Waals surface area contributed by atoms with E-state index >= 15 is 0 Å². The zero-order valence-corrected chi connectivity index (χ0v) is 10.2. The highest BCUT2D eigenvalue weighted by molar-refractivity contribution is 6.32. The molecule has 0 rings (SSSR count). The molecule has 0 aliphatic rings. The van der Waals surface area contributed by atoms with E-state index in [1.165, 1.54) is 0 Å². The number of carboxylic acids is 1. The van der Waals surface area contributed by atoms with Gasteiger partial charge in [-0.25, -0.2) is 4.79 Å². The number of carbonyl (C=O) groups excluding carboxylic acids is 2. The maximum atomic E-state index is 11.0. The van der Waals surface area contributed by atoms with Crippen molar-refractivity contribution < 1.29 is 39.9 Å². The van der Waals surface area contributed by atoms with E-state index in [-0.39, 0.29) is 0 Å². The van der Waals surface area contributed by atoms with Crippen molar-refractivity contribution in [1.29, 1.82) is 0 Å². The van der Waals surface area contributed by atoms with Crippen LogP contribution in [0.25, 0.3) is 0 Å². The van der Waals surface area contributed by atoms with E-state index in [1.54, 1.807) is 0 Å². The molecule has 6 N–H and O–H groups in total. The van der Waals surface area contributed by atoms with E-state index in [1.807, 2.05) is 0 Å². The van der Waals surface area contributed by atoms with Gasteiger partial charge in [0.05, 0.1) is 12.6 Å². The third kappa shape index (κ3) is 5.75. The van der Waals surface area contributed by atoms with Gasteiger partial charge in [0.25, 0.3) is 0 Å². The van der Waals surface area contributed by atoms with Crippen LogP contribution in [0.4, 0.5) is 0 Å². The molecule has 19 heavy (non-hydrogen) atoms. The number of aliphatic hydroxyl groups is 4. The van der Waals surface area contributed by atoms with Crippen LogP contribution >= 0.6 is 0 Å². The van der Waals surface area contributed by atoms with Gasteiger partial charge in [-0.05, 0) is 0 Å². The molecule has 0 saturated carbocycles. The third-order valence-electron chi connectivity index (χ3n) is 2.38. The van der Waals surface area contributed by atoms with Gasteiger partial charge in [-0.1, -0.05) is 0 Å². The van der Waals surface area contributed by atoms with Crippen molar-refractivity contribution in [3.63, 3.8) is 0 Å². The van der Waals surface area contributed by atoms with Gasteiger partial charge in [0, 0.05) is 13.3 Å². The van der Waals surface area contributed by atoms with Crippen molar-refractivity contribution in [2.75, 3.05) is 6.61 Å². The van der Waals surface area contributed by atoms with Crippen molar-refractivity contribution in [2.45, 2.75) is 37.7 Å². The van der Waals surface area contributed by atoms with E-state index in [2.05, 4.69) is 5.32 Å². The van der Waals surface area contributed by atoms with Crippen LogP contribution in [0.3, 0.4) is 0 Å². The summed E-state index contributed by atoms with van der Waals surface area (Å²) >= 11 is 0. The van der Waals surface area contributed by atoms with Crippen LogP contribution in [0.1, 0.15) is 13.3 Å². The minimum Gasteiger partial charge on any atom is -0.476 e. The number of nitrogens with one attached hydrogen (secondary N) is 1. The topological polar surface area (TPSA) is 164 Å². The molecule has 1 amide bonds. The van der Waals surface area contributed by atoms with Crippen LogP contribution in [-0.4, -0.2) is 74.2 Å². The Morgan fingerprint density at radius 3 is 2.00 bits per heavy atom. The highest BCUT2D eigenvalue weighted by atomic mass is 16.4. The Balaban J connectivity index is 4.87. The van der Waals surface area contributed by atoms with Gasteiger partial charge in [-0.2, -0.15) is 0 Å². The lowest BCUT2D eigenvalue weighted by Gasteiger charge is -2.28. The minimum absolute atomic E-state index is 0.659. The Labute approximate surface area is 108 Å². The Hall–Kier alpha value is -1.55. The summed E-state index contributed by atoms with van der Waals surface area (Å²) < 4.78 is 0. The molecular weight excluding hydrogens is 262 g/mol. The summed E-state index contributed by atoms with van der Waals surface area (Å²) in [6.45, 7) is 0.220. The second-order valence-electron chi connectivity index (χ2n) is 3.97. The van der Waals surface area contributed by atoms with Crippen LogP contribution in [0.15, 0.2) is 0 Å². The summed E-state index contributed by atoms with van der Waals surface area (Å²) in [4.78, 5) is 32.4. The van der Waals surface area contributed by atoms with Crippen LogP contribution < -0.4 is 5.32 Å². The molecule has 0 heterocycles. The first-order chi connectivity index (χ1) is 8.70. The SMILES string of the molecule is CC(=O)N[C@H](CC(=O)C(=O)O)[C@@H](O)[C@H](O)[C@H](O)CO. The summed E-state index contributed by atoms with van der Waals surface area (Å²) in [5.41, 5.74) is 0. The Kier molecular flexibility index (Phi) is 7.16. The van der Waals surface area contributed by atoms with Crippen molar-refractivity contribution in [2.24, 2.45) is 0 Å². The second-order valence-corrected chi connectivity index (χ2v) is 3.97. The molecule has 0 radical (unpaired) electrons. The fourth-order valence-corrected chi connectivity index (χ4v) is 1.38. The molecule has 9 heteroatoms. The molecule has 9 nitrogen and oxygen atoms in total. The first-order valence-electron chi connectivity index (χ1n) is 5.39. The molecular formula is C10H17NO8. The van der Waals surface area contributed by atoms with Gasteiger partial charge in [0.1, 0.15) is 18.3 Å². The number of carboxylic acid groups (broad SMARTS) is 1. The Bertz CT molecular complexity index is 344. The number of aliphatic carboxylic acids is 1. The normalized spacial score (nSPS) is 17.1. The van der Waals surface area contributed by atoms with Crippen LogP contribution in [0.2, 0.25) is 0 Å². The fraction of sp³-hybridized carbons (Fsp3) is 0.700. The molecule has 4 atom stereocenters. The summed E-state index contributed by atoms with van der Waals surface area (Å²) in [7, 11) is 0. The first kappa shape index (κ1) is 17.4. The lowest BCUT2D eigenvalue weighted by atomic mass is 9.97. The molecule has 0 aromatic carbocycles. The van der Waals surface area contributed by atoms with Crippen molar-refractivity contribution in [3.05, 3.63) is 0 Å². The predicted molar refractivity (Wildman–Crippen MR) is 60.0 cm³/mol. The van der Waals surface area contributed by atoms with E-state index in [4.69, 9.17) is 15.3 Å². The van der Waals surface area contributed by atoms with Crippen LogP contribution in [0, 0.1) is 0 Å². The van der Waals surface area contributed by atoms with Gasteiger partial charge in [0.15, 0.2) is 0 Å². The number of ketones is 1. The summed E-state index contributed by atoms with van der Waals surface area (Å²) in [5, 5.41) is 47.4. The van der Waals surface area contributed by atoms with Gasteiger partial charge < -0.3 is 30.8 Å². The molecule has 0 aromatic heterocycles. The molecule has 0 unspecified atom stereocenters. The molecule has 0 fully saturated rings. The molecule has 0 saturated heterocycles. The highest BCUT2D eigenvalue weighted by Crippen LogP contribution is 2.09. The molecule has 0 aliphatic carbocycles. The van der Waals surface area contributed by atoms with E-state index in [0.717, 1.165) is 6.92 Å². The first-order valence-corrected chi connectivity index (χ1v) is 5.39. The lowest BCUT2D eigenvalue weighted by Crippen LogP contribution is -2.53. The fourth-order valence-electron chi connectivity index (χ4n) is 1.38. The highest BCUT2D eigenvalue weighted by Gasteiger charge is 2.34. The number of amides is 1. The van der Waals surface area contributed by atoms with Crippen LogP contribution in [-0.2, 0) is 14.4 Å². The number of rotatable bonds is 8. The number of aliphatic hydroxyl groups excluding tert-OH is 4. The quantitative estimate of drug-likeness (QED) is 0.250. The van der Waals surface area contributed by atoms with Gasteiger partial charge in [0.2, 0.25) is 11.7 Å². The average Bonchev–Trinajstić information content (AvgIpc) is 2.34. The molecule has 110 valence electrons. The monoisotopic (exact) mass is 279 g/mol. The molecule has 0 bridgehead atoms. The van der Waals surface area contributed by atoms with E-state index < -0.39 is 55.0 Å². The lowest BCUT2D eigenvalue weighted by molar-refractivity contribution is -0.150. The summed E-state index contributed by atoms with van der Waals surface area (Å²) in [6.07, 6.45) is -6.10. The van der Waals surface area contributed by atoms with Crippen molar-refractivity contribution in [3.8, 4) is 0 Å². The van der Waals surface area contributed by atoms with Crippen LogP contribution in [0.5, 0.6) is 0 Å². The maximum absolute atomic E-state index is 11.0. The maximum Gasteiger partial charge on any atom is 0.372 e. The van der Waals surface area contributed by atoms with E-state index in [0.29, 0.717) is 0 Å². The molecule has 0 spiro atoms.